The number of esters is 2. The van der Waals surface area contributed by atoms with E-state index in [-0.39, 0.29) is 47.5 Å². The maximum absolute atomic E-state index is 14.8. The summed E-state index contributed by atoms with van der Waals surface area (Å²) in [6.45, 7) is 12.3. The molecule has 2 aromatic rings. The molecule has 0 radical (unpaired) electrons. The summed E-state index contributed by atoms with van der Waals surface area (Å²) in [5.74, 6) is -1.20. The lowest BCUT2D eigenvalue weighted by Gasteiger charge is -2.44. The number of likely N-dealkylation sites (N-methyl/N-ethyl adjacent to an activating group) is 1. The van der Waals surface area contributed by atoms with Gasteiger partial charge in [0.15, 0.2) is 9.84 Å². The summed E-state index contributed by atoms with van der Waals surface area (Å²) >= 11 is 0.695. The minimum absolute atomic E-state index is 0.0530. The van der Waals surface area contributed by atoms with Gasteiger partial charge in [-0.2, -0.15) is 0 Å². The molecule has 0 aromatic heterocycles. The van der Waals surface area contributed by atoms with E-state index in [1.807, 2.05) is 81.4 Å². The summed E-state index contributed by atoms with van der Waals surface area (Å²) < 4.78 is 75.3. The Bertz CT molecular complexity index is 1870. The highest BCUT2D eigenvalue weighted by Gasteiger charge is 2.53. The number of hydrogen-bond donors (Lipinski definition) is 1. The third-order valence-corrected chi connectivity index (χ3v) is 21.3. The molecular formula is C36H48N2O10S3Si. The molecule has 3 atom stereocenters. The van der Waals surface area contributed by atoms with Crippen molar-refractivity contribution in [2.45, 2.75) is 90.2 Å². The van der Waals surface area contributed by atoms with Gasteiger partial charge in [0.05, 0.1) is 30.7 Å². The first-order valence-electron chi connectivity index (χ1n) is 17.2. The molecule has 12 nitrogen and oxygen atoms in total. The smallest absolute Gasteiger partial charge is 0.410 e. The van der Waals surface area contributed by atoms with Gasteiger partial charge in [-0.15, -0.1) is 0 Å². The highest BCUT2D eigenvalue weighted by atomic mass is 32.3. The number of ether oxygens (including phenoxy) is 3. The molecule has 0 saturated heterocycles. The minimum atomic E-state index is -4.42. The molecule has 284 valence electrons. The van der Waals surface area contributed by atoms with Crippen LogP contribution < -0.4 is 14.8 Å². The number of nitrogens with zero attached hydrogens (tertiary/aromatic N) is 1. The summed E-state index contributed by atoms with van der Waals surface area (Å²) in [5, 5.41) is 0.228. The largest absolute Gasteiger partial charge is 0.466 e. The van der Waals surface area contributed by atoms with E-state index in [0.717, 1.165) is 10.4 Å². The fourth-order valence-corrected chi connectivity index (χ4v) is 18.8. The van der Waals surface area contributed by atoms with E-state index in [1.165, 1.54) is 17.9 Å². The minimum Gasteiger partial charge on any atom is -0.466 e. The third kappa shape index (κ3) is 8.84. The lowest BCUT2D eigenvalue weighted by Crippen LogP contribution is -2.74. The normalized spacial score (nSPS) is 19.2. The van der Waals surface area contributed by atoms with E-state index in [4.69, 9.17) is 14.2 Å². The van der Waals surface area contributed by atoms with E-state index in [0.29, 0.717) is 17.3 Å². The van der Waals surface area contributed by atoms with Crippen LogP contribution in [0.5, 0.6) is 0 Å². The number of amides is 1. The number of hydrogen-bond acceptors (Lipinski definition) is 11. The van der Waals surface area contributed by atoms with Gasteiger partial charge in [-0.1, -0.05) is 93.2 Å². The molecule has 1 N–H and O–H groups in total. The first kappa shape index (κ1) is 41.3. The van der Waals surface area contributed by atoms with Gasteiger partial charge in [0.1, 0.15) is 21.2 Å². The Balaban J connectivity index is 1.69. The number of sulfonamides is 1. The SMILES string of the molecule is CCOC(=O)CCC(=O)OCC(C)OC(=O)N(CC)[C@H]1C=C(S(=O)(=O)N[Si](c2ccccc2)(c2ccccc2)C(C)(C)C)SC2=C1C[C@H](C)S2(=O)=O. The zero-order chi connectivity index (χ0) is 38.5. The van der Waals surface area contributed by atoms with Crippen LogP contribution in [-0.4, -0.2) is 85.2 Å². The van der Waals surface area contributed by atoms with Crippen molar-refractivity contribution in [3.63, 3.8) is 0 Å². The maximum atomic E-state index is 14.8. The van der Waals surface area contributed by atoms with Crippen molar-refractivity contribution in [2.75, 3.05) is 19.8 Å². The number of carbonyl (C=O) groups is 3. The molecule has 1 amide bonds. The second-order valence-electron chi connectivity index (χ2n) is 13.7. The van der Waals surface area contributed by atoms with Crippen molar-refractivity contribution < 1.29 is 45.4 Å². The Labute approximate surface area is 312 Å². The van der Waals surface area contributed by atoms with Gasteiger partial charge >= 0.3 is 18.0 Å². The quantitative estimate of drug-likeness (QED) is 0.162. The summed E-state index contributed by atoms with van der Waals surface area (Å²) in [6, 6.07) is 17.8. The van der Waals surface area contributed by atoms with Crippen LogP contribution in [0, 0.1) is 0 Å². The molecule has 0 fully saturated rings. The predicted molar refractivity (Wildman–Crippen MR) is 204 cm³/mol. The van der Waals surface area contributed by atoms with Crippen LogP contribution in [0.15, 0.2) is 80.8 Å². The van der Waals surface area contributed by atoms with E-state index >= 15 is 0 Å². The van der Waals surface area contributed by atoms with Crippen molar-refractivity contribution in [1.82, 2.24) is 9.29 Å². The van der Waals surface area contributed by atoms with E-state index in [9.17, 15) is 31.2 Å². The number of sulfone groups is 1. The summed E-state index contributed by atoms with van der Waals surface area (Å²) in [4.78, 5) is 38.7. The number of nitrogens with one attached hydrogen (secondary N) is 1. The first-order chi connectivity index (χ1) is 24.4. The van der Waals surface area contributed by atoms with Gasteiger partial charge in [-0.25, -0.2) is 26.0 Å². The number of rotatable bonds is 14. The van der Waals surface area contributed by atoms with E-state index < -0.39 is 68.6 Å². The van der Waals surface area contributed by atoms with Crippen LogP contribution in [0.4, 0.5) is 4.79 Å². The maximum Gasteiger partial charge on any atom is 0.410 e. The summed E-state index contributed by atoms with van der Waals surface area (Å²) in [6.07, 6.45) is -0.555. The Morgan fingerprint density at radius 2 is 1.50 bits per heavy atom. The van der Waals surface area contributed by atoms with Gasteiger partial charge in [0, 0.05) is 6.54 Å². The molecular weight excluding hydrogens is 745 g/mol. The second-order valence-corrected chi connectivity index (χ2v) is 24.0. The van der Waals surface area contributed by atoms with Gasteiger partial charge in [-0.05, 0) is 61.2 Å². The number of benzene rings is 2. The van der Waals surface area contributed by atoms with E-state index in [1.54, 1.807) is 20.8 Å². The molecule has 0 spiro atoms. The fraction of sp³-hybridized carbons (Fsp3) is 0.472. The van der Waals surface area contributed by atoms with Crippen molar-refractivity contribution >= 4 is 68.3 Å². The summed E-state index contributed by atoms with van der Waals surface area (Å²) in [7, 11) is -11.7. The van der Waals surface area contributed by atoms with Crippen LogP contribution in [0.1, 0.15) is 67.7 Å². The number of carbonyl (C=O) groups excluding carboxylic acids is 3. The molecule has 52 heavy (non-hydrogen) atoms. The van der Waals surface area contributed by atoms with Crippen LogP contribution in [0.3, 0.4) is 0 Å². The van der Waals surface area contributed by atoms with Crippen LogP contribution in [0.25, 0.3) is 0 Å². The molecule has 16 heteroatoms. The molecule has 2 aromatic carbocycles. The Hall–Kier alpha value is -3.44. The molecule has 4 rings (SSSR count). The average Bonchev–Trinajstić information content (AvgIpc) is 3.33. The first-order valence-corrected chi connectivity index (χ1v) is 23.0. The fourth-order valence-electron chi connectivity index (χ4n) is 6.38. The highest BCUT2D eigenvalue weighted by molar-refractivity contribution is 8.28. The molecule has 2 aliphatic heterocycles. The number of thioether (sulfide) groups is 1. The zero-order valence-electron chi connectivity index (χ0n) is 30.6. The van der Waals surface area contributed by atoms with Crippen molar-refractivity contribution in [1.29, 1.82) is 0 Å². The Morgan fingerprint density at radius 1 is 0.962 bits per heavy atom. The lowest BCUT2D eigenvalue weighted by atomic mass is 10.0. The molecule has 1 unspecified atom stereocenters. The predicted octanol–water partition coefficient (Wildman–Crippen LogP) is 4.57. The Kier molecular flexibility index (Phi) is 13.3. The molecule has 2 heterocycles. The Morgan fingerprint density at radius 3 is 2.00 bits per heavy atom. The van der Waals surface area contributed by atoms with Crippen LogP contribution in [0.2, 0.25) is 5.04 Å². The van der Waals surface area contributed by atoms with Crippen molar-refractivity contribution in [3.05, 3.63) is 80.8 Å². The monoisotopic (exact) mass is 792 g/mol. The topological polar surface area (TPSA) is 162 Å². The standard InChI is InChI=1S/C36H48N2O10S3Si/c1-8-38(35(41)48-25(3)24-47-32(40)21-20-31(39)46-9-2)30-23-33(49-34-29(30)22-26(4)50(34,42)43)51(44,45)37-52(36(5,6)7,27-16-12-10-13-17-27)28-18-14-11-15-19-28/h10-19,23,25-26,30,37H,8-9,20-22,24H2,1-7H3/t25?,26-,30-/m0/s1. The van der Waals surface area contributed by atoms with Gasteiger partial charge in [-0.3, -0.25) is 14.5 Å². The zero-order valence-corrected chi connectivity index (χ0v) is 34.0. The van der Waals surface area contributed by atoms with Crippen LogP contribution in [-0.2, 0) is 43.7 Å². The summed E-state index contributed by atoms with van der Waals surface area (Å²) in [5.41, 5.74) is 0.416. The van der Waals surface area contributed by atoms with Crippen LogP contribution >= 0.6 is 11.8 Å². The molecule has 0 aliphatic carbocycles. The average molecular weight is 793 g/mol. The van der Waals surface area contributed by atoms with Crippen molar-refractivity contribution in [2.24, 2.45) is 0 Å². The third-order valence-electron chi connectivity index (χ3n) is 9.02. The highest BCUT2D eigenvalue weighted by Crippen LogP contribution is 2.49. The van der Waals surface area contributed by atoms with Crippen molar-refractivity contribution in [3.8, 4) is 0 Å². The van der Waals surface area contributed by atoms with Gasteiger partial charge in [0.2, 0.25) is 18.3 Å². The lowest BCUT2D eigenvalue weighted by molar-refractivity contribution is -0.151. The molecule has 2 aliphatic rings. The van der Waals surface area contributed by atoms with Gasteiger partial charge < -0.3 is 14.2 Å². The van der Waals surface area contributed by atoms with E-state index in [2.05, 4.69) is 4.39 Å². The molecule has 0 saturated carbocycles. The second kappa shape index (κ2) is 16.7. The molecule has 0 bridgehead atoms. The van der Waals surface area contributed by atoms with Gasteiger partial charge in [0.25, 0.3) is 0 Å².